The zero-order valence-electron chi connectivity index (χ0n) is 11.2. The second kappa shape index (κ2) is 7.00. The number of nitrogens with one attached hydrogen (secondary N) is 1. The molecule has 0 aromatic heterocycles. The normalized spacial score (nSPS) is 17.3. The minimum atomic E-state index is -0.431. The number of amides is 1. The molecule has 1 N–H and O–H groups in total. The fraction of sp³-hybridized carbons (Fsp3) is 0.385. The van der Waals surface area contributed by atoms with Crippen LogP contribution >= 0.6 is 12.4 Å². The van der Waals surface area contributed by atoms with Gasteiger partial charge in [-0.1, -0.05) is 6.07 Å². The molecule has 2 rings (SSSR count). The number of ether oxygens (including phenoxy) is 3. The Morgan fingerprint density at radius 3 is 2.75 bits per heavy atom. The van der Waals surface area contributed by atoms with E-state index in [0.29, 0.717) is 24.5 Å². The Labute approximate surface area is 122 Å². The summed E-state index contributed by atoms with van der Waals surface area (Å²) >= 11 is 0. The number of esters is 1. The SMILES string of the molecule is COc1cc([C@H]2CCOC(=O)N2)ccc1OC(C)=O.Cl. The van der Waals surface area contributed by atoms with Gasteiger partial charge in [0.05, 0.1) is 19.8 Å². The van der Waals surface area contributed by atoms with E-state index >= 15 is 0 Å². The first-order valence-electron chi connectivity index (χ1n) is 5.90. The van der Waals surface area contributed by atoms with Crippen molar-refractivity contribution in [2.24, 2.45) is 0 Å². The zero-order valence-corrected chi connectivity index (χ0v) is 12.0. The Balaban J connectivity index is 0.00000200. The summed E-state index contributed by atoms with van der Waals surface area (Å²) in [5.41, 5.74) is 0.879. The summed E-state index contributed by atoms with van der Waals surface area (Å²) in [7, 11) is 1.49. The third-order valence-corrected chi connectivity index (χ3v) is 2.78. The van der Waals surface area contributed by atoms with Gasteiger partial charge in [0.25, 0.3) is 0 Å². The molecular weight excluding hydrogens is 286 g/mol. The van der Waals surface area contributed by atoms with Crippen LogP contribution in [-0.2, 0) is 9.53 Å². The first-order valence-corrected chi connectivity index (χ1v) is 5.90. The minimum Gasteiger partial charge on any atom is -0.493 e. The van der Waals surface area contributed by atoms with Crippen molar-refractivity contribution in [1.29, 1.82) is 0 Å². The van der Waals surface area contributed by atoms with E-state index < -0.39 is 12.1 Å². The van der Waals surface area contributed by atoms with Crippen molar-refractivity contribution in [2.75, 3.05) is 13.7 Å². The number of benzene rings is 1. The maximum absolute atomic E-state index is 11.2. The Morgan fingerprint density at radius 1 is 1.40 bits per heavy atom. The van der Waals surface area contributed by atoms with E-state index in [4.69, 9.17) is 14.2 Å². The van der Waals surface area contributed by atoms with E-state index in [1.807, 2.05) is 0 Å². The van der Waals surface area contributed by atoms with Crippen molar-refractivity contribution in [1.82, 2.24) is 5.32 Å². The molecule has 1 heterocycles. The summed E-state index contributed by atoms with van der Waals surface area (Å²) in [4.78, 5) is 22.1. The highest BCUT2D eigenvalue weighted by Gasteiger charge is 2.22. The van der Waals surface area contributed by atoms with Crippen LogP contribution in [0.1, 0.15) is 24.9 Å². The first-order chi connectivity index (χ1) is 9.10. The molecule has 1 atom stereocenters. The number of alkyl carbamates (subject to hydrolysis) is 1. The van der Waals surface area contributed by atoms with Crippen molar-refractivity contribution in [3.05, 3.63) is 23.8 Å². The Morgan fingerprint density at radius 2 is 2.15 bits per heavy atom. The molecule has 7 heteroatoms. The van der Waals surface area contributed by atoms with Crippen LogP contribution in [0.25, 0.3) is 0 Å². The second-order valence-corrected chi connectivity index (χ2v) is 4.13. The topological polar surface area (TPSA) is 73.9 Å². The Bertz CT molecular complexity index is 506. The molecule has 0 spiro atoms. The molecule has 0 bridgehead atoms. The lowest BCUT2D eigenvalue weighted by molar-refractivity contribution is -0.132. The zero-order chi connectivity index (χ0) is 13.8. The summed E-state index contributed by atoms with van der Waals surface area (Å²) in [6.45, 7) is 1.70. The van der Waals surface area contributed by atoms with Crippen LogP contribution in [0, 0.1) is 0 Å². The molecular formula is C13H16ClNO5. The third kappa shape index (κ3) is 3.77. The lowest BCUT2D eigenvalue weighted by Crippen LogP contribution is -2.35. The maximum Gasteiger partial charge on any atom is 0.407 e. The largest absolute Gasteiger partial charge is 0.493 e. The Hall–Kier alpha value is -1.95. The summed E-state index contributed by atoms with van der Waals surface area (Å²) in [6, 6.07) is 5.06. The van der Waals surface area contributed by atoms with Gasteiger partial charge in [-0.05, 0) is 17.7 Å². The van der Waals surface area contributed by atoms with Crippen LogP contribution in [0.5, 0.6) is 11.5 Å². The number of carbonyl (C=O) groups excluding carboxylic acids is 2. The van der Waals surface area contributed by atoms with E-state index in [-0.39, 0.29) is 18.4 Å². The van der Waals surface area contributed by atoms with Gasteiger partial charge < -0.3 is 19.5 Å². The average molecular weight is 302 g/mol. The monoisotopic (exact) mass is 301 g/mol. The lowest BCUT2D eigenvalue weighted by Gasteiger charge is -2.24. The smallest absolute Gasteiger partial charge is 0.407 e. The van der Waals surface area contributed by atoms with Crippen LogP contribution in [0.2, 0.25) is 0 Å². The molecule has 0 saturated carbocycles. The van der Waals surface area contributed by atoms with Gasteiger partial charge in [0.15, 0.2) is 11.5 Å². The average Bonchev–Trinajstić information content (AvgIpc) is 2.38. The van der Waals surface area contributed by atoms with Gasteiger partial charge >= 0.3 is 12.1 Å². The van der Waals surface area contributed by atoms with E-state index in [2.05, 4.69) is 5.32 Å². The summed E-state index contributed by atoms with van der Waals surface area (Å²) in [5.74, 6) is 0.399. The Kier molecular flexibility index (Phi) is 5.64. The fourth-order valence-corrected chi connectivity index (χ4v) is 1.92. The number of methoxy groups -OCH3 is 1. The van der Waals surface area contributed by atoms with Crippen molar-refractivity contribution in [3.8, 4) is 11.5 Å². The van der Waals surface area contributed by atoms with Crippen LogP contribution < -0.4 is 14.8 Å². The molecule has 20 heavy (non-hydrogen) atoms. The number of cyclic esters (lactones) is 1. The van der Waals surface area contributed by atoms with Gasteiger partial charge in [0.1, 0.15) is 0 Å². The molecule has 6 nitrogen and oxygen atoms in total. The molecule has 0 unspecified atom stereocenters. The van der Waals surface area contributed by atoms with E-state index in [9.17, 15) is 9.59 Å². The summed E-state index contributed by atoms with van der Waals surface area (Å²) < 4.78 is 15.0. The molecule has 0 radical (unpaired) electrons. The summed E-state index contributed by atoms with van der Waals surface area (Å²) in [5, 5.41) is 2.72. The van der Waals surface area contributed by atoms with E-state index in [0.717, 1.165) is 5.56 Å². The van der Waals surface area contributed by atoms with Crippen molar-refractivity contribution in [2.45, 2.75) is 19.4 Å². The molecule has 1 aliphatic heterocycles. The number of hydrogen-bond acceptors (Lipinski definition) is 5. The fourth-order valence-electron chi connectivity index (χ4n) is 1.92. The molecule has 1 fully saturated rings. The quantitative estimate of drug-likeness (QED) is 0.684. The third-order valence-electron chi connectivity index (χ3n) is 2.78. The van der Waals surface area contributed by atoms with Crippen LogP contribution in [0.4, 0.5) is 4.79 Å². The van der Waals surface area contributed by atoms with E-state index in [1.165, 1.54) is 14.0 Å². The van der Waals surface area contributed by atoms with E-state index in [1.54, 1.807) is 18.2 Å². The molecule has 1 aromatic carbocycles. The lowest BCUT2D eigenvalue weighted by atomic mass is 10.0. The number of hydrogen-bond donors (Lipinski definition) is 1. The highest BCUT2D eigenvalue weighted by Crippen LogP contribution is 2.32. The number of halogens is 1. The first kappa shape index (κ1) is 16.1. The standard InChI is InChI=1S/C13H15NO5.ClH/c1-8(15)19-11-4-3-9(7-12(11)17-2)10-5-6-18-13(16)14-10;/h3-4,7,10H,5-6H2,1-2H3,(H,14,16);1H/t10-;/m1./s1. The summed E-state index contributed by atoms with van der Waals surface area (Å²) in [6.07, 6.45) is 0.251. The van der Waals surface area contributed by atoms with Crippen molar-refractivity contribution >= 4 is 24.5 Å². The second-order valence-electron chi connectivity index (χ2n) is 4.13. The minimum absolute atomic E-state index is 0. The molecule has 1 saturated heterocycles. The molecule has 1 aromatic rings. The molecule has 1 aliphatic rings. The van der Waals surface area contributed by atoms with Gasteiger partial charge in [-0.25, -0.2) is 4.79 Å². The predicted octanol–water partition coefficient (Wildman–Crippen LogP) is 2.21. The highest BCUT2D eigenvalue weighted by molar-refractivity contribution is 5.85. The van der Waals surface area contributed by atoms with Gasteiger partial charge in [0, 0.05) is 13.3 Å². The van der Waals surface area contributed by atoms with Crippen LogP contribution in [0.3, 0.4) is 0 Å². The van der Waals surface area contributed by atoms with Crippen molar-refractivity contribution in [3.63, 3.8) is 0 Å². The van der Waals surface area contributed by atoms with Gasteiger partial charge in [-0.3, -0.25) is 4.79 Å². The van der Waals surface area contributed by atoms with Gasteiger partial charge in [0.2, 0.25) is 0 Å². The molecule has 1 amide bonds. The van der Waals surface area contributed by atoms with Crippen LogP contribution in [0.15, 0.2) is 18.2 Å². The maximum atomic E-state index is 11.2. The number of rotatable bonds is 3. The molecule has 110 valence electrons. The van der Waals surface area contributed by atoms with Crippen molar-refractivity contribution < 1.29 is 23.8 Å². The van der Waals surface area contributed by atoms with Gasteiger partial charge in [-0.15, -0.1) is 12.4 Å². The van der Waals surface area contributed by atoms with Crippen LogP contribution in [-0.4, -0.2) is 25.8 Å². The van der Waals surface area contributed by atoms with Gasteiger partial charge in [-0.2, -0.15) is 0 Å². The number of carbonyl (C=O) groups is 2. The predicted molar refractivity (Wildman–Crippen MR) is 73.4 cm³/mol. The highest BCUT2D eigenvalue weighted by atomic mass is 35.5. The molecule has 0 aliphatic carbocycles.